The lowest BCUT2D eigenvalue weighted by molar-refractivity contribution is -0.137. The molecule has 16 heteroatoms. The van der Waals surface area contributed by atoms with Gasteiger partial charge < -0.3 is 31.6 Å². The summed E-state index contributed by atoms with van der Waals surface area (Å²) in [5, 5.41) is 6.10. The first kappa shape index (κ1) is 28.9. The van der Waals surface area contributed by atoms with E-state index in [0.29, 0.717) is 32.5 Å². The Hall–Kier alpha value is -4.66. The minimum atomic E-state index is -4.51. The molecule has 0 saturated carbocycles. The van der Waals surface area contributed by atoms with Crippen molar-refractivity contribution in [2.24, 2.45) is 4.99 Å². The van der Waals surface area contributed by atoms with E-state index in [1.807, 2.05) is 0 Å². The molecule has 2 amide bonds. The number of alkyl halides is 3. The maximum atomic E-state index is 13.3. The molecule has 2 saturated heterocycles. The van der Waals surface area contributed by atoms with Crippen LogP contribution in [0.15, 0.2) is 52.4 Å². The Morgan fingerprint density at radius 3 is 2.55 bits per heavy atom. The van der Waals surface area contributed by atoms with Crippen LogP contribution in [0.4, 0.5) is 24.8 Å². The number of anilines is 2. The van der Waals surface area contributed by atoms with Gasteiger partial charge in [-0.2, -0.15) is 18.2 Å². The zero-order valence-electron chi connectivity index (χ0n) is 21.9. The molecule has 0 aliphatic carbocycles. The van der Waals surface area contributed by atoms with Crippen LogP contribution in [0, 0.1) is 0 Å². The number of guanidine groups is 1. The highest BCUT2D eigenvalue weighted by atomic mass is 35.5. The average molecular weight is 604 g/mol. The smallest absolute Gasteiger partial charge is 0.382 e. The third-order valence-electron chi connectivity index (χ3n) is 7.14. The fraction of sp³-hybridized carbons (Fsp3) is 0.308. The number of nitrogens with one attached hydrogen (secondary N) is 2. The van der Waals surface area contributed by atoms with Gasteiger partial charge in [-0.05, 0) is 36.6 Å². The number of nitrogen functional groups attached to an aromatic ring is 2. The van der Waals surface area contributed by atoms with Crippen molar-refractivity contribution in [3.05, 3.63) is 80.5 Å². The molecular formula is C26H25ClF3N9O3. The van der Waals surface area contributed by atoms with Crippen LogP contribution in [0.3, 0.4) is 0 Å². The van der Waals surface area contributed by atoms with E-state index < -0.39 is 28.7 Å². The fourth-order valence-electron chi connectivity index (χ4n) is 4.86. The first-order valence-corrected chi connectivity index (χ1v) is 13.1. The van der Waals surface area contributed by atoms with Gasteiger partial charge in [0.2, 0.25) is 0 Å². The van der Waals surface area contributed by atoms with Gasteiger partial charge in [0, 0.05) is 31.9 Å². The van der Waals surface area contributed by atoms with Crippen molar-refractivity contribution in [3.63, 3.8) is 0 Å². The number of carbonyl (C=O) groups is 2. The number of aliphatic imine (C=N–C) groups is 1. The standard InChI is InChI=1S/C26H25ClF3N9O3/c27-19-21(32)35-20(31)18(34-19)22(41)36-24-33-13-25(37-24)6-8-38(9-7-25)23(42)15-4-5-17(40)39(12-15)11-14-2-1-3-16(10-14)26(28,29)30/h1-5,10,12H,6-9,11,13H2,(H4,31,32,35)(H2,33,36,37,41). The Labute approximate surface area is 241 Å². The van der Waals surface area contributed by atoms with Crippen LogP contribution >= 0.6 is 11.6 Å². The number of hydrogen-bond acceptors (Lipinski definition) is 7. The molecule has 6 N–H and O–H groups in total. The van der Waals surface area contributed by atoms with E-state index >= 15 is 0 Å². The zero-order valence-corrected chi connectivity index (χ0v) is 22.7. The van der Waals surface area contributed by atoms with Crippen molar-refractivity contribution in [2.75, 3.05) is 31.1 Å². The highest BCUT2D eigenvalue weighted by molar-refractivity contribution is 6.31. The molecule has 42 heavy (non-hydrogen) atoms. The Balaban J connectivity index is 1.23. The molecule has 1 spiro atoms. The van der Waals surface area contributed by atoms with E-state index in [1.165, 1.54) is 35.0 Å². The van der Waals surface area contributed by atoms with Gasteiger partial charge in [0.05, 0.1) is 23.2 Å². The molecule has 12 nitrogen and oxygen atoms in total. The summed E-state index contributed by atoms with van der Waals surface area (Å²) in [6, 6.07) is 7.32. The molecule has 1 aromatic carbocycles. The van der Waals surface area contributed by atoms with Gasteiger partial charge >= 0.3 is 12.1 Å². The number of halogens is 4. The summed E-state index contributed by atoms with van der Waals surface area (Å²) >= 11 is 5.85. The molecule has 2 aliphatic rings. The molecule has 5 rings (SSSR count). The lowest BCUT2D eigenvalue weighted by Crippen LogP contribution is -2.53. The molecule has 0 radical (unpaired) electrons. The average Bonchev–Trinajstić information content (AvgIpc) is 3.33. The van der Waals surface area contributed by atoms with Crippen LogP contribution in [0.1, 0.15) is 44.8 Å². The largest absolute Gasteiger partial charge is 0.416 e. The number of aromatic nitrogens is 3. The van der Waals surface area contributed by atoms with Crippen molar-refractivity contribution < 1.29 is 22.8 Å². The second-order valence-corrected chi connectivity index (χ2v) is 10.4. The third-order valence-corrected chi connectivity index (χ3v) is 7.42. The topological polar surface area (TPSA) is 174 Å². The number of piperidine rings is 1. The van der Waals surface area contributed by atoms with Gasteiger partial charge in [0.25, 0.3) is 11.5 Å². The monoisotopic (exact) mass is 603 g/mol. The minimum Gasteiger partial charge on any atom is -0.382 e. The van der Waals surface area contributed by atoms with Crippen molar-refractivity contribution in [3.8, 4) is 0 Å². The SMILES string of the molecule is Nc1nc(N)c(C(=O)/N=C2\NCC3(CCN(C(=O)c4ccc(=O)n(Cc5cccc(C(F)(F)F)c5)c4)CC3)N2)nc1Cl. The van der Waals surface area contributed by atoms with Gasteiger partial charge in [-0.1, -0.05) is 23.7 Å². The number of hydrogen-bond donors (Lipinski definition) is 4. The molecule has 0 unspecified atom stereocenters. The molecule has 2 aliphatic heterocycles. The number of nitrogens with two attached hydrogens (primary N) is 2. The van der Waals surface area contributed by atoms with Crippen LogP contribution in [-0.2, 0) is 12.7 Å². The number of rotatable bonds is 4. The predicted octanol–water partition coefficient (Wildman–Crippen LogP) is 1.89. The van der Waals surface area contributed by atoms with E-state index in [2.05, 4.69) is 25.6 Å². The number of pyridine rings is 1. The molecule has 0 bridgehead atoms. The molecule has 4 heterocycles. The number of amides is 2. The van der Waals surface area contributed by atoms with Crippen molar-refractivity contribution in [1.82, 2.24) is 30.1 Å². The molecule has 3 aromatic rings. The summed E-state index contributed by atoms with van der Waals surface area (Å²) < 4.78 is 40.5. The summed E-state index contributed by atoms with van der Waals surface area (Å²) in [4.78, 5) is 51.6. The van der Waals surface area contributed by atoms with Crippen LogP contribution in [-0.4, -0.2) is 62.4 Å². The Morgan fingerprint density at radius 2 is 1.83 bits per heavy atom. The maximum Gasteiger partial charge on any atom is 0.416 e. The normalized spacial score (nSPS) is 17.2. The number of nitrogens with zero attached hydrogens (tertiary/aromatic N) is 5. The highest BCUT2D eigenvalue weighted by Crippen LogP contribution is 2.30. The van der Waals surface area contributed by atoms with E-state index in [0.717, 1.165) is 12.1 Å². The number of carbonyl (C=O) groups excluding carboxylic acids is 2. The van der Waals surface area contributed by atoms with Gasteiger partial charge in [-0.15, -0.1) is 0 Å². The van der Waals surface area contributed by atoms with Crippen LogP contribution in [0.5, 0.6) is 0 Å². The van der Waals surface area contributed by atoms with Gasteiger partial charge in [0.1, 0.15) is 0 Å². The van der Waals surface area contributed by atoms with Crippen LogP contribution in [0.25, 0.3) is 0 Å². The number of benzene rings is 1. The number of likely N-dealkylation sites (tertiary alicyclic amines) is 1. The second kappa shape index (κ2) is 11.0. The highest BCUT2D eigenvalue weighted by Gasteiger charge is 2.41. The fourth-order valence-corrected chi connectivity index (χ4v) is 4.99. The van der Waals surface area contributed by atoms with E-state index in [-0.39, 0.29) is 52.0 Å². The van der Waals surface area contributed by atoms with Gasteiger partial charge in [-0.25, -0.2) is 9.97 Å². The first-order chi connectivity index (χ1) is 19.8. The summed E-state index contributed by atoms with van der Waals surface area (Å²) in [5.41, 5.74) is 9.83. The summed E-state index contributed by atoms with van der Waals surface area (Å²) in [7, 11) is 0. The van der Waals surface area contributed by atoms with E-state index in [9.17, 15) is 27.6 Å². The Morgan fingerprint density at radius 1 is 1.10 bits per heavy atom. The summed E-state index contributed by atoms with van der Waals surface area (Å²) in [6.45, 7) is 1.07. The van der Waals surface area contributed by atoms with E-state index in [1.54, 1.807) is 4.90 Å². The lowest BCUT2D eigenvalue weighted by Gasteiger charge is -2.38. The summed E-state index contributed by atoms with van der Waals surface area (Å²) in [6.07, 6.45) is -2.10. The molecular weight excluding hydrogens is 579 g/mol. The second-order valence-electron chi connectivity index (χ2n) is 10.0. The van der Waals surface area contributed by atoms with Crippen molar-refractivity contribution in [2.45, 2.75) is 31.1 Å². The molecule has 2 aromatic heterocycles. The molecule has 0 atom stereocenters. The molecule has 2 fully saturated rings. The Kier molecular flexibility index (Phi) is 7.53. The van der Waals surface area contributed by atoms with Crippen molar-refractivity contribution >= 4 is 41.0 Å². The molecule has 220 valence electrons. The maximum absolute atomic E-state index is 13.3. The zero-order chi connectivity index (χ0) is 30.2. The lowest BCUT2D eigenvalue weighted by atomic mass is 9.88. The van der Waals surface area contributed by atoms with Crippen LogP contribution < -0.4 is 27.7 Å². The predicted molar refractivity (Wildman–Crippen MR) is 148 cm³/mol. The summed E-state index contributed by atoms with van der Waals surface area (Å²) in [5.74, 6) is -1.17. The van der Waals surface area contributed by atoms with Crippen molar-refractivity contribution in [1.29, 1.82) is 0 Å². The van der Waals surface area contributed by atoms with Gasteiger partial charge in [0.15, 0.2) is 28.4 Å². The van der Waals surface area contributed by atoms with E-state index in [4.69, 9.17) is 23.1 Å². The Bertz CT molecular complexity index is 1650. The quantitative estimate of drug-likeness (QED) is 0.347. The third kappa shape index (κ3) is 6.00. The first-order valence-electron chi connectivity index (χ1n) is 12.7. The minimum absolute atomic E-state index is 0.106. The van der Waals surface area contributed by atoms with Gasteiger partial charge in [-0.3, -0.25) is 14.4 Å². The van der Waals surface area contributed by atoms with Crippen LogP contribution in [0.2, 0.25) is 5.15 Å².